The SMILES string of the molecule is CN(CC(=O)Nc1c(Cl)cccc1Cl)C(=O)Cn1cc(Br)ccc1=O. The Morgan fingerprint density at radius 3 is 2.48 bits per heavy atom. The lowest BCUT2D eigenvalue weighted by Gasteiger charge is -2.18. The lowest BCUT2D eigenvalue weighted by Crippen LogP contribution is -2.38. The van der Waals surface area contributed by atoms with Gasteiger partial charge in [-0.25, -0.2) is 0 Å². The third-order valence-electron chi connectivity index (χ3n) is 3.29. The van der Waals surface area contributed by atoms with Gasteiger partial charge in [0.15, 0.2) is 0 Å². The Labute approximate surface area is 162 Å². The lowest BCUT2D eigenvalue weighted by molar-refractivity contribution is -0.133. The van der Waals surface area contributed by atoms with Crippen LogP contribution in [0.15, 0.2) is 45.8 Å². The summed E-state index contributed by atoms with van der Waals surface area (Å²) in [4.78, 5) is 37.3. The number of aromatic nitrogens is 1. The minimum atomic E-state index is -0.451. The molecule has 2 aromatic rings. The fraction of sp³-hybridized carbons (Fsp3) is 0.188. The molecule has 1 N–H and O–H groups in total. The Morgan fingerprint density at radius 2 is 1.84 bits per heavy atom. The molecule has 0 aliphatic carbocycles. The van der Waals surface area contributed by atoms with Gasteiger partial charge in [-0.1, -0.05) is 29.3 Å². The summed E-state index contributed by atoms with van der Waals surface area (Å²) in [7, 11) is 1.47. The van der Waals surface area contributed by atoms with Crippen molar-refractivity contribution >= 4 is 56.6 Å². The highest BCUT2D eigenvalue weighted by Crippen LogP contribution is 2.29. The molecule has 0 spiro atoms. The first-order chi connectivity index (χ1) is 11.8. The molecule has 0 saturated carbocycles. The average molecular weight is 447 g/mol. The van der Waals surface area contributed by atoms with Crippen LogP contribution in [0.1, 0.15) is 0 Å². The first-order valence-corrected chi connectivity index (χ1v) is 8.66. The van der Waals surface area contributed by atoms with E-state index in [1.165, 1.54) is 28.8 Å². The second-order valence-electron chi connectivity index (χ2n) is 5.21. The zero-order valence-corrected chi connectivity index (χ0v) is 16.2. The lowest BCUT2D eigenvalue weighted by atomic mass is 10.3. The van der Waals surface area contributed by atoms with Gasteiger partial charge in [0.2, 0.25) is 11.8 Å². The van der Waals surface area contributed by atoms with Gasteiger partial charge in [-0.05, 0) is 34.1 Å². The molecule has 132 valence electrons. The molecule has 0 aliphatic heterocycles. The Bertz CT molecular complexity index is 850. The highest BCUT2D eigenvalue weighted by Gasteiger charge is 2.16. The number of rotatable bonds is 5. The molecule has 0 bridgehead atoms. The van der Waals surface area contributed by atoms with Crippen LogP contribution in [0.2, 0.25) is 10.0 Å². The van der Waals surface area contributed by atoms with E-state index in [0.717, 1.165) is 0 Å². The van der Waals surface area contributed by atoms with Gasteiger partial charge in [0.1, 0.15) is 6.54 Å². The third kappa shape index (κ3) is 5.32. The van der Waals surface area contributed by atoms with Crippen LogP contribution >= 0.6 is 39.1 Å². The monoisotopic (exact) mass is 445 g/mol. The summed E-state index contributed by atoms with van der Waals surface area (Å²) in [6.45, 7) is -0.377. The zero-order valence-electron chi connectivity index (χ0n) is 13.1. The fourth-order valence-corrected chi connectivity index (χ4v) is 2.86. The summed E-state index contributed by atoms with van der Waals surface area (Å²) < 4.78 is 1.93. The van der Waals surface area contributed by atoms with Crippen LogP contribution in [0.5, 0.6) is 0 Å². The summed E-state index contributed by atoms with van der Waals surface area (Å²) in [5, 5.41) is 3.18. The van der Waals surface area contributed by atoms with E-state index in [2.05, 4.69) is 21.2 Å². The average Bonchev–Trinajstić information content (AvgIpc) is 2.54. The van der Waals surface area contributed by atoms with E-state index in [0.29, 0.717) is 20.2 Å². The van der Waals surface area contributed by atoms with Gasteiger partial charge >= 0.3 is 0 Å². The van der Waals surface area contributed by atoms with E-state index in [1.807, 2.05) is 0 Å². The molecule has 0 unspecified atom stereocenters. The van der Waals surface area contributed by atoms with E-state index >= 15 is 0 Å². The van der Waals surface area contributed by atoms with Gasteiger partial charge in [-0.2, -0.15) is 0 Å². The Kier molecular flexibility index (Phi) is 6.64. The number of nitrogens with zero attached hydrogens (tertiary/aromatic N) is 2. The van der Waals surface area contributed by atoms with E-state index < -0.39 is 5.91 Å². The van der Waals surface area contributed by atoms with Crippen LogP contribution in [0, 0.1) is 0 Å². The third-order valence-corrected chi connectivity index (χ3v) is 4.39. The predicted octanol–water partition coefficient (Wildman–Crippen LogP) is 3.01. The van der Waals surface area contributed by atoms with Crippen molar-refractivity contribution in [2.75, 3.05) is 18.9 Å². The topological polar surface area (TPSA) is 71.4 Å². The highest BCUT2D eigenvalue weighted by molar-refractivity contribution is 9.10. The van der Waals surface area contributed by atoms with E-state index in [4.69, 9.17) is 23.2 Å². The molecule has 1 aromatic heterocycles. The smallest absolute Gasteiger partial charge is 0.251 e. The first kappa shape index (κ1) is 19.5. The van der Waals surface area contributed by atoms with E-state index in [9.17, 15) is 14.4 Å². The van der Waals surface area contributed by atoms with Gasteiger partial charge in [-0.15, -0.1) is 0 Å². The second kappa shape index (κ2) is 8.51. The number of para-hydroxylation sites is 1. The maximum atomic E-state index is 12.2. The van der Waals surface area contributed by atoms with Crippen LogP contribution in [0.4, 0.5) is 5.69 Å². The molecular formula is C16H14BrCl2N3O3. The van der Waals surface area contributed by atoms with Crippen LogP contribution in [-0.2, 0) is 16.1 Å². The van der Waals surface area contributed by atoms with Crippen LogP contribution in [-0.4, -0.2) is 34.9 Å². The van der Waals surface area contributed by atoms with Crippen molar-refractivity contribution < 1.29 is 9.59 Å². The molecule has 0 atom stereocenters. The van der Waals surface area contributed by atoms with Crippen LogP contribution in [0.25, 0.3) is 0 Å². The minimum absolute atomic E-state index is 0.172. The highest BCUT2D eigenvalue weighted by atomic mass is 79.9. The first-order valence-electron chi connectivity index (χ1n) is 7.11. The molecular weight excluding hydrogens is 433 g/mol. The molecule has 0 radical (unpaired) electrons. The van der Waals surface area contributed by atoms with Gasteiger partial charge in [0, 0.05) is 23.8 Å². The number of benzene rings is 1. The van der Waals surface area contributed by atoms with E-state index in [-0.39, 0.29) is 24.6 Å². The van der Waals surface area contributed by atoms with Crippen molar-refractivity contribution in [3.8, 4) is 0 Å². The zero-order chi connectivity index (χ0) is 18.6. The van der Waals surface area contributed by atoms with Crippen molar-refractivity contribution in [3.63, 3.8) is 0 Å². The number of hydrogen-bond donors (Lipinski definition) is 1. The number of halogens is 3. The Balaban J connectivity index is 2.00. The predicted molar refractivity (Wildman–Crippen MR) is 101 cm³/mol. The second-order valence-corrected chi connectivity index (χ2v) is 6.94. The number of carbonyl (C=O) groups excluding carboxylic acids is 2. The largest absolute Gasteiger partial charge is 0.335 e. The summed E-state index contributed by atoms with van der Waals surface area (Å²) in [6.07, 6.45) is 1.51. The van der Waals surface area contributed by atoms with Gasteiger partial charge in [-0.3, -0.25) is 14.4 Å². The van der Waals surface area contributed by atoms with Crippen molar-refractivity contribution in [3.05, 3.63) is 61.4 Å². The number of pyridine rings is 1. The Hall–Kier alpha value is -1.83. The van der Waals surface area contributed by atoms with Crippen molar-refractivity contribution in [1.29, 1.82) is 0 Å². The maximum Gasteiger partial charge on any atom is 0.251 e. The number of carbonyl (C=O) groups is 2. The molecule has 1 aromatic carbocycles. The van der Waals surface area contributed by atoms with Crippen LogP contribution < -0.4 is 10.9 Å². The van der Waals surface area contributed by atoms with Gasteiger partial charge < -0.3 is 14.8 Å². The number of hydrogen-bond acceptors (Lipinski definition) is 3. The maximum absolute atomic E-state index is 12.2. The summed E-state index contributed by atoms with van der Waals surface area (Å²) in [6, 6.07) is 7.79. The minimum Gasteiger partial charge on any atom is -0.335 e. The molecule has 0 aliphatic rings. The Morgan fingerprint density at radius 1 is 1.20 bits per heavy atom. The van der Waals surface area contributed by atoms with Crippen molar-refractivity contribution in [2.24, 2.45) is 0 Å². The molecule has 2 rings (SSSR count). The molecule has 1 heterocycles. The van der Waals surface area contributed by atoms with Crippen molar-refractivity contribution in [2.45, 2.75) is 6.54 Å². The molecule has 0 saturated heterocycles. The van der Waals surface area contributed by atoms with Crippen LogP contribution in [0.3, 0.4) is 0 Å². The summed E-state index contributed by atoms with van der Waals surface area (Å²) >= 11 is 15.2. The molecule has 9 heteroatoms. The normalized spacial score (nSPS) is 10.4. The molecule has 6 nitrogen and oxygen atoms in total. The number of amides is 2. The summed E-state index contributed by atoms with van der Waals surface area (Å²) in [5.41, 5.74) is -0.0165. The van der Waals surface area contributed by atoms with E-state index in [1.54, 1.807) is 24.3 Å². The quantitative estimate of drug-likeness (QED) is 0.767. The van der Waals surface area contributed by atoms with Crippen molar-refractivity contribution in [1.82, 2.24) is 9.47 Å². The number of nitrogens with one attached hydrogen (secondary N) is 1. The number of likely N-dealkylation sites (N-methyl/N-ethyl adjacent to an activating group) is 1. The fourth-order valence-electron chi connectivity index (χ4n) is 1.99. The van der Waals surface area contributed by atoms with Gasteiger partial charge in [0.05, 0.1) is 22.3 Å². The standard InChI is InChI=1S/C16H14BrCl2N3O3/c1-21(15(25)9-22-7-10(17)5-6-14(22)24)8-13(23)20-16-11(18)3-2-4-12(16)19/h2-7H,8-9H2,1H3,(H,20,23). The van der Waals surface area contributed by atoms with Gasteiger partial charge in [0.25, 0.3) is 5.56 Å². The molecule has 2 amide bonds. The summed E-state index contributed by atoms with van der Waals surface area (Å²) in [5.74, 6) is -0.840. The number of anilines is 1. The molecule has 0 fully saturated rings. The molecule has 25 heavy (non-hydrogen) atoms.